The summed E-state index contributed by atoms with van der Waals surface area (Å²) in [6, 6.07) is -0.0848. The number of amides is 1. The highest BCUT2D eigenvalue weighted by atomic mass is 32.2. The maximum Gasteiger partial charge on any atom is 0.236 e. The second kappa shape index (κ2) is 6.64. The minimum atomic E-state index is -0.0848. The molecule has 0 bridgehead atoms. The molecule has 1 unspecified atom stereocenters. The molecule has 1 aliphatic rings. The highest BCUT2D eigenvalue weighted by Crippen LogP contribution is 2.42. The molecule has 1 saturated carbocycles. The van der Waals surface area contributed by atoms with Gasteiger partial charge in [0.15, 0.2) is 0 Å². The van der Waals surface area contributed by atoms with Gasteiger partial charge in [-0.2, -0.15) is 11.8 Å². The van der Waals surface area contributed by atoms with E-state index in [2.05, 4.69) is 30.7 Å². The van der Waals surface area contributed by atoms with Crippen molar-refractivity contribution in [2.24, 2.45) is 5.92 Å². The van der Waals surface area contributed by atoms with Crippen LogP contribution in [-0.4, -0.2) is 36.0 Å². The van der Waals surface area contributed by atoms with E-state index in [0.29, 0.717) is 10.7 Å². The SMILES string of the molecule is CSC1(CNC(C)C(=O)NCC(C)C)CCC1. The third-order valence-electron chi connectivity index (χ3n) is 3.51. The molecule has 3 nitrogen and oxygen atoms in total. The molecular weight excluding hydrogens is 232 g/mol. The van der Waals surface area contributed by atoms with Gasteiger partial charge in [-0.1, -0.05) is 20.3 Å². The van der Waals surface area contributed by atoms with Crippen LogP contribution in [0.15, 0.2) is 0 Å². The first-order valence-corrected chi connectivity index (χ1v) is 7.78. The second-order valence-electron chi connectivity index (χ2n) is 5.48. The molecule has 1 rings (SSSR count). The van der Waals surface area contributed by atoms with Gasteiger partial charge in [-0.05, 0) is 31.9 Å². The zero-order valence-electron chi connectivity index (χ0n) is 11.5. The van der Waals surface area contributed by atoms with E-state index >= 15 is 0 Å². The molecule has 4 heteroatoms. The maximum atomic E-state index is 11.8. The van der Waals surface area contributed by atoms with Crippen LogP contribution >= 0.6 is 11.8 Å². The number of carbonyl (C=O) groups excluding carboxylic acids is 1. The molecule has 0 spiro atoms. The van der Waals surface area contributed by atoms with Gasteiger partial charge in [0.25, 0.3) is 0 Å². The summed E-state index contributed by atoms with van der Waals surface area (Å²) in [6.07, 6.45) is 6.06. The zero-order valence-corrected chi connectivity index (χ0v) is 12.3. The molecule has 2 N–H and O–H groups in total. The van der Waals surface area contributed by atoms with Gasteiger partial charge in [0.2, 0.25) is 5.91 Å². The Balaban J connectivity index is 2.24. The van der Waals surface area contributed by atoms with Gasteiger partial charge in [0.05, 0.1) is 6.04 Å². The molecule has 1 atom stereocenters. The molecule has 0 saturated heterocycles. The van der Waals surface area contributed by atoms with Crippen LogP contribution in [0.25, 0.3) is 0 Å². The minimum absolute atomic E-state index is 0.0848. The third-order valence-corrected chi connectivity index (χ3v) is 4.92. The fourth-order valence-electron chi connectivity index (χ4n) is 1.91. The van der Waals surface area contributed by atoms with Crippen molar-refractivity contribution < 1.29 is 4.79 Å². The summed E-state index contributed by atoms with van der Waals surface area (Å²) >= 11 is 1.94. The standard InChI is InChI=1S/C13H26N2OS/c1-10(2)8-14-12(16)11(3)15-9-13(17-4)6-5-7-13/h10-11,15H,5-9H2,1-4H3,(H,14,16). The smallest absolute Gasteiger partial charge is 0.236 e. The van der Waals surface area contributed by atoms with E-state index in [9.17, 15) is 4.79 Å². The zero-order chi connectivity index (χ0) is 12.9. The number of thioether (sulfide) groups is 1. The van der Waals surface area contributed by atoms with Crippen molar-refractivity contribution in [2.45, 2.75) is 50.8 Å². The molecule has 17 heavy (non-hydrogen) atoms. The maximum absolute atomic E-state index is 11.8. The van der Waals surface area contributed by atoms with Crippen LogP contribution in [0, 0.1) is 5.92 Å². The molecule has 0 heterocycles. The van der Waals surface area contributed by atoms with Gasteiger partial charge in [-0.3, -0.25) is 4.79 Å². The molecular formula is C13H26N2OS. The summed E-state index contributed by atoms with van der Waals surface area (Å²) in [5.41, 5.74) is 0. The molecule has 1 amide bonds. The third kappa shape index (κ3) is 4.51. The van der Waals surface area contributed by atoms with E-state index in [1.54, 1.807) is 0 Å². The molecule has 0 radical (unpaired) electrons. The summed E-state index contributed by atoms with van der Waals surface area (Å²) in [4.78, 5) is 11.8. The van der Waals surface area contributed by atoms with Crippen molar-refractivity contribution >= 4 is 17.7 Å². The van der Waals surface area contributed by atoms with Crippen molar-refractivity contribution in [1.29, 1.82) is 0 Å². The van der Waals surface area contributed by atoms with Crippen LogP contribution < -0.4 is 10.6 Å². The number of carbonyl (C=O) groups is 1. The van der Waals surface area contributed by atoms with Crippen LogP contribution in [0.5, 0.6) is 0 Å². The van der Waals surface area contributed by atoms with Gasteiger partial charge in [-0.15, -0.1) is 0 Å². The van der Waals surface area contributed by atoms with E-state index in [0.717, 1.165) is 13.1 Å². The van der Waals surface area contributed by atoms with Gasteiger partial charge in [0.1, 0.15) is 0 Å². The van der Waals surface area contributed by atoms with E-state index in [-0.39, 0.29) is 11.9 Å². The summed E-state index contributed by atoms with van der Waals surface area (Å²) in [7, 11) is 0. The Bertz CT molecular complexity index is 246. The Labute approximate surface area is 109 Å². The van der Waals surface area contributed by atoms with Crippen LogP contribution in [0.1, 0.15) is 40.0 Å². The quantitative estimate of drug-likeness (QED) is 0.734. The Morgan fingerprint density at radius 2 is 2.00 bits per heavy atom. The lowest BCUT2D eigenvalue weighted by Crippen LogP contribution is -2.50. The molecule has 0 aromatic rings. The number of hydrogen-bond donors (Lipinski definition) is 2. The first-order valence-electron chi connectivity index (χ1n) is 6.55. The molecule has 1 fully saturated rings. The van der Waals surface area contributed by atoms with E-state index < -0.39 is 0 Å². The van der Waals surface area contributed by atoms with Crippen molar-refractivity contribution in [3.05, 3.63) is 0 Å². The van der Waals surface area contributed by atoms with Crippen LogP contribution in [-0.2, 0) is 4.79 Å². The second-order valence-corrected chi connectivity index (χ2v) is 6.76. The molecule has 0 aromatic carbocycles. The van der Waals surface area contributed by atoms with E-state index in [4.69, 9.17) is 0 Å². The topological polar surface area (TPSA) is 41.1 Å². The van der Waals surface area contributed by atoms with Crippen LogP contribution in [0.4, 0.5) is 0 Å². The minimum Gasteiger partial charge on any atom is -0.354 e. The first-order chi connectivity index (χ1) is 7.99. The molecule has 0 aromatic heterocycles. The lowest BCUT2D eigenvalue weighted by Gasteiger charge is -2.41. The van der Waals surface area contributed by atoms with Crippen molar-refractivity contribution in [3.63, 3.8) is 0 Å². The lowest BCUT2D eigenvalue weighted by molar-refractivity contribution is -0.122. The average Bonchev–Trinajstić information content (AvgIpc) is 2.24. The molecule has 0 aliphatic heterocycles. The predicted octanol–water partition coefficient (Wildman–Crippen LogP) is 2.02. The Morgan fingerprint density at radius 1 is 1.35 bits per heavy atom. The number of nitrogens with one attached hydrogen (secondary N) is 2. The van der Waals surface area contributed by atoms with E-state index in [1.165, 1.54) is 19.3 Å². The average molecular weight is 258 g/mol. The summed E-state index contributed by atoms with van der Waals surface area (Å²) < 4.78 is 0.395. The summed E-state index contributed by atoms with van der Waals surface area (Å²) in [6.45, 7) is 7.87. The van der Waals surface area contributed by atoms with E-state index in [1.807, 2.05) is 18.7 Å². The van der Waals surface area contributed by atoms with Crippen molar-refractivity contribution in [1.82, 2.24) is 10.6 Å². The van der Waals surface area contributed by atoms with Crippen molar-refractivity contribution in [3.8, 4) is 0 Å². The van der Waals surface area contributed by atoms with Crippen molar-refractivity contribution in [2.75, 3.05) is 19.3 Å². The lowest BCUT2D eigenvalue weighted by atomic mass is 9.84. The Hall–Kier alpha value is -0.220. The molecule has 100 valence electrons. The summed E-state index contributed by atoms with van der Waals surface area (Å²) in [5, 5.41) is 6.33. The van der Waals surface area contributed by atoms with Crippen LogP contribution in [0.3, 0.4) is 0 Å². The predicted molar refractivity (Wildman–Crippen MR) is 75.4 cm³/mol. The van der Waals surface area contributed by atoms with Gasteiger partial charge in [-0.25, -0.2) is 0 Å². The highest BCUT2D eigenvalue weighted by molar-refractivity contribution is 8.00. The normalized spacial score (nSPS) is 19.8. The number of hydrogen-bond acceptors (Lipinski definition) is 3. The highest BCUT2D eigenvalue weighted by Gasteiger charge is 2.36. The Morgan fingerprint density at radius 3 is 2.41 bits per heavy atom. The van der Waals surface area contributed by atoms with Gasteiger partial charge < -0.3 is 10.6 Å². The fraction of sp³-hybridized carbons (Fsp3) is 0.923. The summed E-state index contributed by atoms with van der Waals surface area (Å²) in [5.74, 6) is 0.629. The Kier molecular flexibility index (Phi) is 5.80. The van der Waals surface area contributed by atoms with Crippen LogP contribution in [0.2, 0.25) is 0 Å². The van der Waals surface area contributed by atoms with Gasteiger partial charge in [0, 0.05) is 17.8 Å². The largest absolute Gasteiger partial charge is 0.354 e. The first kappa shape index (κ1) is 14.8. The monoisotopic (exact) mass is 258 g/mol. The van der Waals surface area contributed by atoms with Gasteiger partial charge >= 0.3 is 0 Å². The fourth-order valence-corrected chi connectivity index (χ4v) is 2.84. The number of rotatable bonds is 7. The molecule has 1 aliphatic carbocycles.